The van der Waals surface area contributed by atoms with Gasteiger partial charge in [-0.25, -0.2) is 9.37 Å². The molecule has 0 bridgehead atoms. The van der Waals surface area contributed by atoms with Gasteiger partial charge >= 0.3 is 0 Å². The maximum atomic E-state index is 13.7. The number of halogens is 1. The summed E-state index contributed by atoms with van der Waals surface area (Å²) in [5, 5.41) is 6.20. The van der Waals surface area contributed by atoms with E-state index in [1.165, 1.54) is 19.0 Å². The standard InChI is InChI=1S/C14H24FN5/c1-3-6-16-14-18-9-12(15)13(19-14)17-8-11-5-4-7-20(2)10-11/h9,11H,3-8,10H2,1-2H3,(H2,16,17,18,19). The molecule has 2 N–H and O–H groups in total. The molecule has 0 saturated carbocycles. The predicted octanol–water partition coefficient (Wildman–Crippen LogP) is 2.19. The monoisotopic (exact) mass is 281 g/mol. The Labute approximate surface area is 120 Å². The summed E-state index contributed by atoms with van der Waals surface area (Å²) in [5.74, 6) is 0.940. The van der Waals surface area contributed by atoms with Gasteiger partial charge in [0.05, 0.1) is 6.20 Å². The Hall–Kier alpha value is -1.43. The second kappa shape index (κ2) is 7.38. The minimum Gasteiger partial charge on any atom is -0.367 e. The van der Waals surface area contributed by atoms with Gasteiger partial charge in [-0.1, -0.05) is 6.92 Å². The van der Waals surface area contributed by atoms with Gasteiger partial charge in [0.1, 0.15) is 0 Å². The smallest absolute Gasteiger partial charge is 0.224 e. The van der Waals surface area contributed by atoms with Crippen molar-refractivity contribution in [1.29, 1.82) is 0 Å². The van der Waals surface area contributed by atoms with Crippen molar-refractivity contribution in [3.05, 3.63) is 12.0 Å². The molecular weight excluding hydrogens is 257 g/mol. The number of nitrogens with zero attached hydrogens (tertiary/aromatic N) is 3. The normalized spacial score (nSPS) is 19.9. The lowest BCUT2D eigenvalue weighted by Gasteiger charge is -2.29. The molecule has 1 saturated heterocycles. The van der Waals surface area contributed by atoms with E-state index >= 15 is 0 Å². The number of nitrogens with one attached hydrogen (secondary N) is 2. The molecule has 0 spiro atoms. The van der Waals surface area contributed by atoms with E-state index < -0.39 is 5.82 Å². The topological polar surface area (TPSA) is 53.1 Å². The van der Waals surface area contributed by atoms with Gasteiger partial charge in [-0.15, -0.1) is 0 Å². The van der Waals surface area contributed by atoms with Gasteiger partial charge in [0.2, 0.25) is 5.95 Å². The maximum Gasteiger partial charge on any atom is 0.224 e. The van der Waals surface area contributed by atoms with Crippen LogP contribution in [-0.2, 0) is 0 Å². The highest BCUT2D eigenvalue weighted by molar-refractivity contribution is 5.41. The van der Waals surface area contributed by atoms with Crippen LogP contribution in [0.1, 0.15) is 26.2 Å². The van der Waals surface area contributed by atoms with Crippen LogP contribution in [0.15, 0.2) is 6.20 Å². The second-order valence-electron chi connectivity index (χ2n) is 5.47. The van der Waals surface area contributed by atoms with Crippen LogP contribution in [0.2, 0.25) is 0 Å². The Balaban J connectivity index is 1.90. The Morgan fingerprint density at radius 2 is 2.30 bits per heavy atom. The van der Waals surface area contributed by atoms with Crippen molar-refractivity contribution >= 4 is 11.8 Å². The Kier molecular flexibility index (Phi) is 5.52. The van der Waals surface area contributed by atoms with Gasteiger partial charge in [-0.05, 0) is 38.8 Å². The zero-order valence-electron chi connectivity index (χ0n) is 12.3. The number of likely N-dealkylation sites (tertiary alicyclic amines) is 1. The Morgan fingerprint density at radius 1 is 1.45 bits per heavy atom. The zero-order chi connectivity index (χ0) is 14.4. The molecule has 0 aromatic carbocycles. The Bertz CT molecular complexity index is 426. The fraction of sp³-hybridized carbons (Fsp3) is 0.714. The predicted molar refractivity (Wildman–Crippen MR) is 79.5 cm³/mol. The number of piperidine rings is 1. The summed E-state index contributed by atoms with van der Waals surface area (Å²) in [6, 6.07) is 0. The summed E-state index contributed by atoms with van der Waals surface area (Å²) in [7, 11) is 2.13. The SMILES string of the molecule is CCCNc1ncc(F)c(NCC2CCCN(C)C2)n1. The van der Waals surface area contributed by atoms with Crippen LogP contribution < -0.4 is 10.6 Å². The van der Waals surface area contributed by atoms with Crippen LogP contribution in [0.4, 0.5) is 16.2 Å². The number of hydrogen-bond donors (Lipinski definition) is 2. The summed E-state index contributed by atoms with van der Waals surface area (Å²) >= 11 is 0. The zero-order valence-corrected chi connectivity index (χ0v) is 12.3. The molecular formula is C14H24FN5. The van der Waals surface area contributed by atoms with E-state index in [-0.39, 0.29) is 0 Å². The third-order valence-electron chi connectivity index (χ3n) is 3.56. The van der Waals surface area contributed by atoms with Crippen LogP contribution in [-0.4, -0.2) is 48.1 Å². The molecule has 1 unspecified atom stereocenters. The van der Waals surface area contributed by atoms with Crippen LogP contribution in [0, 0.1) is 11.7 Å². The molecule has 0 aliphatic carbocycles. The summed E-state index contributed by atoms with van der Waals surface area (Å²) < 4.78 is 13.7. The minimum absolute atomic E-state index is 0.298. The average molecular weight is 281 g/mol. The van der Waals surface area contributed by atoms with E-state index in [9.17, 15) is 4.39 Å². The molecule has 0 radical (unpaired) electrons. The summed E-state index contributed by atoms with van der Waals surface area (Å²) in [5.41, 5.74) is 0. The van der Waals surface area contributed by atoms with E-state index in [0.29, 0.717) is 17.7 Å². The molecule has 1 atom stereocenters. The van der Waals surface area contributed by atoms with E-state index in [0.717, 1.165) is 32.6 Å². The van der Waals surface area contributed by atoms with Crippen molar-refractivity contribution in [3.63, 3.8) is 0 Å². The number of aromatic nitrogens is 2. The number of hydrogen-bond acceptors (Lipinski definition) is 5. The lowest BCUT2D eigenvalue weighted by atomic mass is 9.98. The van der Waals surface area contributed by atoms with Gasteiger partial charge in [0, 0.05) is 19.6 Å². The van der Waals surface area contributed by atoms with Gasteiger partial charge in [0.25, 0.3) is 0 Å². The molecule has 0 amide bonds. The van der Waals surface area contributed by atoms with E-state index in [4.69, 9.17) is 0 Å². The lowest BCUT2D eigenvalue weighted by Crippen LogP contribution is -2.35. The number of rotatable bonds is 6. The van der Waals surface area contributed by atoms with Crippen LogP contribution >= 0.6 is 0 Å². The van der Waals surface area contributed by atoms with Gasteiger partial charge in [0.15, 0.2) is 11.6 Å². The first-order valence-electron chi connectivity index (χ1n) is 7.38. The van der Waals surface area contributed by atoms with Gasteiger partial charge in [-0.3, -0.25) is 0 Å². The van der Waals surface area contributed by atoms with Crippen LogP contribution in [0.25, 0.3) is 0 Å². The van der Waals surface area contributed by atoms with E-state index in [1.54, 1.807) is 0 Å². The molecule has 1 aliphatic heterocycles. The first-order chi connectivity index (χ1) is 9.69. The fourth-order valence-electron chi connectivity index (χ4n) is 2.49. The van der Waals surface area contributed by atoms with Crippen molar-refractivity contribution in [2.24, 2.45) is 5.92 Å². The third-order valence-corrected chi connectivity index (χ3v) is 3.56. The highest BCUT2D eigenvalue weighted by Gasteiger charge is 2.17. The molecule has 6 heteroatoms. The molecule has 20 heavy (non-hydrogen) atoms. The fourth-order valence-corrected chi connectivity index (χ4v) is 2.49. The van der Waals surface area contributed by atoms with Crippen molar-refractivity contribution in [3.8, 4) is 0 Å². The quantitative estimate of drug-likeness (QED) is 0.837. The van der Waals surface area contributed by atoms with Gasteiger partial charge in [-0.2, -0.15) is 4.98 Å². The molecule has 112 valence electrons. The Morgan fingerprint density at radius 3 is 3.05 bits per heavy atom. The summed E-state index contributed by atoms with van der Waals surface area (Å²) in [6.07, 6.45) is 4.60. The first kappa shape index (κ1) is 15.0. The van der Waals surface area contributed by atoms with Crippen molar-refractivity contribution in [2.45, 2.75) is 26.2 Å². The van der Waals surface area contributed by atoms with Crippen LogP contribution in [0.5, 0.6) is 0 Å². The van der Waals surface area contributed by atoms with E-state index in [2.05, 4.69) is 39.5 Å². The maximum absolute atomic E-state index is 13.7. The van der Waals surface area contributed by atoms with E-state index in [1.807, 2.05) is 0 Å². The molecule has 2 rings (SSSR count). The summed E-state index contributed by atoms with van der Waals surface area (Å²) in [6.45, 7) is 5.82. The number of anilines is 2. The minimum atomic E-state index is -0.392. The second-order valence-corrected chi connectivity index (χ2v) is 5.47. The lowest BCUT2D eigenvalue weighted by molar-refractivity contribution is 0.217. The molecule has 1 aromatic heterocycles. The van der Waals surface area contributed by atoms with Crippen LogP contribution in [0.3, 0.4) is 0 Å². The van der Waals surface area contributed by atoms with Crippen molar-refractivity contribution in [1.82, 2.24) is 14.9 Å². The van der Waals surface area contributed by atoms with Crippen molar-refractivity contribution in [2.75, 3.05) is 43.9 Å². The molecule has 1 fully saturated rings. The highest BCUT2D eigenvalue weighted by atomic mass is 19.1. The molecule has 5 nitrogen and oxygen atoms in total. The molecule has 1 aromatic rings. The molecule has 2 heterocycles. The van der Waals surface area contributed by atoms with Crippen molar-refractivity contribution < 1.29 is 4.39 Å². The first-order valence-corrected chi connectivity index (χ1v) is 7.38. The molecule has 1 aliphatic rings. The summed E-state index contributed by atoms with van der Waals surface area (Å²) in [4.78, 5) is 10.4. The average Bonchev–Trinajstić information content (AvgIpc) is 2.45. The van der Waals surface area contributed by atoms with Gasteiger partial charge < -0.3 is 15.5 Å². The highest BCUT2D eigenvalue weighted by Crippen LogP contribution is 2.17. The third kappa shape index (κ3) is 4.30. The largest absolute Gasteiger partial charge is 0.367 e.